The molecule has 0 N–H and O–H groups in total. The summed E-state index contributed by atoms with van der Waals surface area (Å²) in [4.78, 5) is 24.3. The van der Waals surface area contributed by atoms with Crippen LogP contribution in [0.2, 0.25) is 0 Å². The number of rotatable bonds is 3. The molecule has 0 saturated heterocycles. The van der Waals surface area contributed by atoms with E-state index in [-0.39, 0.29) is 11.1 Å². The van der Waals surface area contributed by atoms with Crippen molar-refractivity contribution < 1.29 is 22.8 Å². The Balaban J connectivity index is 2.17. The molecule has 1 aliphatic rings. The Labute approximate surface area is 101 Å². The molecule has 0 bridgehead atoms. The number of halogens is 3. The van der Waals surface area contributed by atoms with Gasteiger partial charge in [-0.2, -0.15) is 8.78 Å². The van der Waals surface area contributed by atoms with Crippen molar-refractivity contribution in [3.05, 3.63) is 47.3 Å². The molecule has 1 heterocycles. The van der Waals surface area contributed by atoms with Crippen molar-refractivity contribution in [2.45, 2.75) is 6.42 Å². The second-order valence-electron chi connectivity index (χ2n) is 3.72. The Bertz CT molecular complexity index is 515. The van der Waals surface area contributed by atoms with Gasteiger partial charge in [0.25, 0.3) is 11.8 Å². The van der Waals surface area contributed by atoms with Crippen LogP contribution < -0.4 is 0 Å². The normalized spacial score (nSPS) is 13.8. The first-order valence-corrected chi connectivity index (χ1v) is 5.17. The topological polar surface area (TPSA) is 37.4 Å². The van der Waals surface area contributed by atoms with E-state index in [9.17, 15) is 22.8 Å². The fourth-order valence-corrected chi connectivity index (χ4v) is 1.75. The van der Waals surface area contributed by atoms with E-state index in [4.69, 9.17) is 0 Å². The highest BCUT2D eigenvalue weighted by Gasteiger charge is 2.34. The van der Waals surface area contributed by atoms with Crippen molar-refractivity contribution in [2.24, 2.45) is 0 Å². The maximum absolute atomic E-state index is 12.6. The molecule has 0 unspecified atom stereocenters. The average Bonchev–Trinajstić information content (AvgIpc) is 2.60. The smallest absolute Gasteiger partial charge is 0.274 e. The Hall–Kier alpha value is -2.11. The maximum Gasteiger partial charge on any atom is 0.301 e. The predicted octanol–water partition coefficient (Wildman–Crippen LogP) is 2.75. The van der Waals surface area contributed by atoms with E-state index in [0.717, 1.165) is 4.90 Å². The summed E-state index contributed by atoms with van der Waals surface area (Å²) >= 11 is 0. The standard InChI is InChI=1S/C12H8F3NO2/c13-9(10(14)15)5-6-16-11(17)7-3-1-2-4-8(7)12(16)18/h1-4H,5-6H2. The molecule has 18 heavy (non-hydrogen) atoms. The maximum atomic E-state index is 12.6. The summed E-state index contributed by atoms with van der Waals surface area (Å²) in [5, 5.41) is 0. The predicted molar refractivity (Wildman–Crippen MR) is 56.8 cm³/mol. The molecule has 0 aromatic heterocycles. The van der Waals surface area contributed by atoms with Gasteiger partial charge in [0.05, 0.1) is 11.1 Å². The van der Waals surface area contributed by atoms with Gasteiger partial charge in [0.2, 0.25) is 0 Å². The molecule has 6 heteroatoms. The molecule has 0 atom stereocenters. The number of hydrogen-bond acceptors (Lipinski definition) is 2. The van der Waals surface area contributed by atoms with Crippen LogP contribution in [-0.4, -0.2) is 23.3 Å². The Kier molecular flexibility index (Phi) is 3.18. The van der Waals surface area contributed by atoms with Crippen molar-refractivity contribution in [3.8, 4) is 0 Å². The number of fused-ring (bicyclic) bond motifs is 1. The van der Waals surface area contributed by atoms with Gasteiger partial charge in [-0.15, -0.1) is 0 Å². The van der Waals surface area contributed by atoms with Crippen molar-refractivity contribution in [3.63, 3.8) is 0 Å². The van der Waals surface area contributed by atoms with Gasteiger partial charge < -0.3 is 0 Å². The van der Waals surface area contributed by atoms with Crippen LogP contribution in [0.5, 0.6) is 0 Å². The van der Waals surface area contributed by atoms with Gasteiger partial charge in [0, 0.05) is 13.0 Å². The summed E-state index contributed by atoms with van der Waals surface area (Å²) in [7, 11) is 0. The number of imide groups is 1. The number of hydrogen-bond donors (Lipinski definition) is 0. The van der Waals surface area contributed by atoms with E-state index in [2.05, 4.69) is 0 Å². The van der Waals surface area contributed by atoms with Crippen LogP contribution in [0.15, 0.2) is 36.2 Å². The molecule has 1 aromatic rings. The summed E-state index contributed by atoms with van der Waals surface area (Å²) in [6.45, 7) is -0.393. The van der Waals surface area contributed by atoms with E-state index in [0.29, 0.717) is 0 Å². The van der Waals surface area contributed by atoms with Crippen LogP contribution >= 0.6 is 0 Å². The average molecular weight is 255 g/mol. The summed E-state index contributed by atoms with van der Waals surface area (Å²) in [6, 6.07) is 6.12. The van der Waals surface area contributed by atoms with E-state index >= 15 is 0 Å². The Morgan fingerprint density at radius 1 is 1.00 bits per heavy atom. The lowest BCUT2D eigenvalue weighted by molar-refractivity contribution is 0.0653. The minimum atomic E-state index is -2.42. The summed E-state index contributed by atoms with van der Waals surface area (Å²) in [5.74, 6) is -2.77. The lowest BCUT2D eigenvalue weighted by atomic mass is 10.1. The quantitative estimate of drug-likeness (QED) is 0.779. The zero-order chi connectivity index (χ0) is 13.3. The fourth-order valence-electron chi connectivity index (χ4n) is 1.75. The van der Waals surface area contributed by atoms with Crippen molar-refractivity contribution >= 4 is 11.8 Å². The van der Waals surface area contributed by atoms with E-state index in [1.54, 1.807) is 12.1 Å². The monoisotopic (exact) mass is 255 g/mol. The van der Waals surface area contributed by atoms with Crippen LogP contribution in [0.3, 0.4) is 0 Å². The lowest BCUT2D eigenvalue weighted by Crippen LogP contribution is -2.30. The van der Waals surface area contributed by atoms with Crippen molar-refractivity contribution in [1.29, 1.82) is 0 Å². The first-order valence-electron chi connectivity index (χ1n) is 5.17. The fraction of sp³-hybridized carbons (Fsp3) is 0.167. The van der Waals surface area contributed by atoms with E-state index in [1.807, 2.05) is 0 Å². The third-order valence-electron chi connectivity index (χ3n) is 2.64. The number of carbonyl (C=O) groups excluding carboxylic acids is 2. The van der Waals surface area contributed by atoms with Crippen LogP contribution in [0.25, 0.3) is 0 Å². The highest BCUT2D eigenvalue weighted by molar-refractivity contribution is 6.21. The molecule has 2 amide bonds. The molecule has 1 aromatic carbocycles. The Morgan fingerprint density at radius 3 is 1.94 bits per heavy atom. The molecule has 3 nitrogen and oxygen atoms in total. The van der Waals surface area contributed by atoms with Crippen molar-refractivity contribution in [2.75, 3.05) is 6.54 Å². The van der Waals surface area contributed by atoms with Gasteiger partial charge in [-0.1, -0.05) is 12.1 Å². The number of benzene rings is 1. The van der Waals surface area contributed by atoms with Crippen LogP contribution in [-0.2, 0) is 0 Å². The highest BCUT2D eigenvalue weighted by Crippen LogP contribution is 2.23. The largest absolute Gasteiger partial charge is 0.301 e. The van der Waals surface area contributed by atoms with Gasteiger partial charge >= 0.3 is 6.08 Å². The highest BCUT2D eigenvalue weighted by atomic mass is 19.3. The van der Waals surface area contributed by atoms with Gasteiger partial charge in [0.15, 0.2) is 5.83 Å². The van der Waals surface area contributed by atoms with Gasteiger partial charge in [-0.25, -0.2) is 4.39 Å². The Morgan fingerprint density at radius 2 is 1.50 bits per heavy atom. The third kappa shape index (κ3) is 2.01. The van der Waals surface area contributed by atoms with Gasteiger partial charge in [-0.3, -0.25) is 14.5 Å². The number of amides is 2. The molecule has 0 fully saturated rings. The van der Waals surface area contributed by atoms with E-state index < -0.39 is 36.7 Å². The summed E-state index contributed by atoms with van der Waals surface area (Å²) in [6.07, 6.45) is -3.10. The van der Waals surface area contributed by atoms with Crippen LogP contribution in [0.4, 0.5) is 13.2 Å². The molecule has 2 rings (SSSR count). The van der Waals surface area contributed by atoms with Gasteiger partial charge in [-0.05, 0) is 12.1 Å². The third-order valence-corrected chi connectivity index (χ3v) is 2.64. The first kappa shape index (κ1) is 12.3. The number of nitrogens with zero attached hydrogens (tertiary/aromatic N) is 1. The first-order chi connectivity index (χ1) is 8.52. The minimum absolute atomic E-state index is 0.215. The zero-order valence-corrected chi connectivity index (χ0v) is 9.12. The van der Waals surface area contributed by atoms with Crippen LogP contribution in [0.1, 0.15) is 27.1 Å². The molecule has 1 aliphatic heterocycles. The zero-order valence-electron chi connectivity index (χ0n) is 9.12. The molecule has 0 radical (unpaired) electrons. The van der Waals surface area contributed by atoms with Crippen LogP contribution in [0, 0.1) is 0 Å². The molecular weight excluding hydrogens is 247 g/mol. The SMILES string of the molecule is O=C1c2ccccc2C(=O)N1CCC(F)=C(F)F. The molecule has 0 spiro atoms. The van der Waals surface area contributed by atoms with Gasteiger partial charge in [0.1, 0.15) is 0 Å². The summed E-state index contributed by atoms with van der Waals surface area (Å²) < 4.78 is 36.4. The lowest BCUT2D eigenvalue weighted by Gasteiger charge is -2.12. The minimum Gasteiger partial charge on any atom is -0.274 e. The molecular formula is C12H8F3NO2. The summed E-state index contributed by atoms with van der Waals surface area (Å²) in [5.41, 5.74) is 0.431. The van der Waals surface area contributed by atoms with Crippen molar-refractivity contribution in [1.82, 2.24) is 4.90 Å². The second kappa shape index (κ2) is 4.64. The molecule has 0 saturated carbocycles. The second-order valence-corrected chi connectivity index (χ2v) is 3.72. The molecule has 0 aliphatic carbocycles. The van der Waals surface area contributed by atoms with E-state index in [1.165, 1.54) is 12.1 Å². The number of carbonyl (C=O) groups is 2. The molecule has 94 valence electrons.